The summed E-state index contributed by atoms with van der Waals surface area (Å²) in [5, 5.41) is 20.3. The molecule has 34 heavy (non-hydrogen) atoms. The summed E-state index contributed by atoms with van der Waals surface area (Å²) in [5.74, 6) is -0.0939. The first-order valence-corrected chi connectivity index (χ1v) is 11.3. The maximum absolute atomic E-state index is 14.0. The fourth-order valence-corrected chi connectivity index (χ4v) is 3.98. The van der Waals surface area contributed by atoms with E-state index in [9.17, 15) is 9.18 Å². The molecule has 3 aromatic carbocycles. The number of ether oxygens (including phenoxy) is 1. The lowest BCUT2D eigenvalue weighted by Gasteiger charge is -2.14. The fraction of sp³-hybridized carbons (Fsp3) is 0.120. The lowest BCUT2D eigenvalue weighted by Crippen LogP contribution is -2.23. The summed E-state index contributed by atoms with van der Waals surface area (Å²) in [6.45, 7) is 1.76. The van der Waals surface area contributed by atoms with E-state index in [2.05, 4.69) is 15.5 Å². The number of anilines is 1. The number of thioether (sulfide) groups is 1. The smallest absolute Gasteiger partial charge is 0.237 e. The number of aromatic nitrogens is 3. The predicted octanol–water partition coefficient (Wildman–Crippen LogP) is 4.98. The summed E-state index contributed by atoms with van der Waals surface area (Å²) in [5.41, 5.74) is 1.91. The van der Waals surface area contributed by atoms with Gasteiger partial charge in [-0.1, -0.05) is 42.1 Å². The summed E-state index contributed by atoms with van der Waals surface area (Å²) >= 11 is 1.24. The average Bonchev–Trinajstić information content (AvgIpc) is 3.26. The third kappa shape index (κ3) is 5.42. The zero-order chi connectivity index (χ0) is 23.9. The minimum absolute atomic E-state index is 0.00476. The third-order valence-corrected chi connectivity index (χ3v) is 5.88. The molecular formula is C25H20FN5O2S. The maximum Gasteiger partial charge on any atom is 0.237 e. The molecule has 1 heterocycles. The number of rotatable bonds is 8. The molecule has 1 N–H and O–H groups in total. The van der Waals surface area contributed by atoms with Gasteiger partial charge in [0.25, 0.3) is 0 Å². The largest absolute Gasteiger partial charge is 0.483 e. The highest BCUT2D eigenvalue weighted by atomic mass is 32.2. The minimum atomic E-state index is -0.498. The van der Waals surface area contributed by atoms with Crippen LogP contribution < -0.4 is 10.1 Å². The Bertz CT molecular complexity index is 1320. The van der Waals surface area contributed by atoms with Gasteiger partial charge in [0.15, 0.2) is 22.5 Å². The van der Waals surface area contributed by atoms with E-state index < -0.39 is 11.1 Å². The molecule has 0 aliphatic carbocycles. The van der Waals surface area contributed by atoms with Gasteiger partial charge in [-0.15, -0.1) is 10.2 Å². The molecule has 0 fully saturated rings. The maximum atomic E-state index is 14.0. The Balaban J connectivity index is 1.53. The number of hydrogen-bond acceptors (Lipinski definition) is 6. The number of carbonyl (C=O) groups excluding carboxylic acids is 1. The molecule has 0 aliphatic heterocycles. The van der Waals surface area contributed by atoms with E-state index in [1.807, 2.05) is 36.4 Å². The number of halogens is 1. The molecule has 9 heteroatoms. The molecule has 170 valence electrons. The van der Waals surface area contributed by atoms with Crippen LogP contribution in [-0.4, -0.2) is 25.9 Å². The van der Waals surface area contributed by atoms with Gasteiger partial charge in [0.2, 0.25) is 5.91 Å². The quantitative estimate of drug-likeness (QED) is 0.363. The van der Waals surface area contributed by atoms with Crippen molar-refractivity contribution in [3.63, 3.8) is 0 Å². The number of nitrogens with zero attached hydrogens (tertiary/aromatic N) is 4. The van der Waals surface area contributed by atoms with Crippen molar-refractivity contribution in [1.29, 1.82) is 5.26 Å². The van der Waals surface area contributed by atoms with Crippen LogP contribution in [0.4, 0.5) is 10.1 Å². The molecular weight excluding hydrogens is 453 g/mol. The molecule has 0 spiro atoms. The number of carbonyl (C=O) groups is 1. The number of benzene rings is 3. The van der Waals surface area contributed by atoms with E-state index in [-0.39, 0.29) is 18.3 Å². The van der Waals surface area contributed by atoms with Crippen molar-refractivity contribution in [3.8, 4) is 17.5 Å². The van der Waals surface area contributed by atoms with Crippen molar-refractivity contribution in [1.82, 2.24) is 14.8 Å². The molecule has 0 radical (unpaired) electrons. The molecule has 1 unspecified atom stereocenters. The Morgan fingerprint density at radius 2 is 1.79 bits per heavy atom. The highest BCUT2D eigenvalue weighted by molar-refractivity contribution is 8.00. The molecule has 4 aromatic rings. The average molecular weight is 474 g/mol. The van der Waals surface area contributed by atoms with Crippen molar-refractivity contribution in [3.05, 3.63) is 96.1 Å². The van der Waals surface area contributed by atoms with Crippen LogP contribution in [0.5, 0.6) is 5.75 Å². The number of hydrogen-bond donors (Lipinski definition) is 1. The van der Waals surface area contributed by atoms with E-state index in [1.54, 1.807) is 54.0 Å². The summed E-state index contributed by atoms with van der Waals surface area (Å²) < 4.78 is 21.4. The van der Waals surface area contributed by atoms with Crippen molar-refractivity contribution >= 4 is 23.4 Å². The highest BCUT2D eigenvalue weighted by Gasteiger charge is 2.22. The van der Waals surface area contributed by atoms with Gasteiger partial charge in [-0.3, -0.25) is 9.36 Å². The van der Waals surface area contributed by atoms with Gasteiger partial charge in [0.05, 0.1) is 16.9 Å². The summed E-state index contributed by atoms with van der Waals surface area (Å²) in [4.78, 5) is 12.8. The second-order valence-electron chi connectivity index (χ2n) is 7.23. The second kappa shape index (κ2) is 10.6. The molecule has 1 atom stereocenters. The summed E-state index contributed by atoms with van der Waals surface area (Å²) in [6.07, 6.45) is 0. The second-order valence-corrected chi connectivity index (χ2v) is 8.54. The number of nitriles is 1. The zero-order valence-corrected chi connectivity index (χ0v) is 19.0. The fourth-order valence-electron chi connectivity index (χ4n) is 3.09. The topological polar surface area (TPSA) is 92.8 Å². The molecule has 0 saturated carbocycles. The van der Waals surface area contributed by atoms with Crippen LogP contribution in [0.25, 0.3) is 5.69 Å². The molecule has 0 bridgehead atoms. The van der Waals surface area contributed by atoms with Gasteiger partial charge in [-0.2, -0.15) is 5.26 Å². The summed E-state index contributed by atoms with van der Waals surface area (Å²) in [7, 11) is 0. The molecule has 0 aliphatic rings. The highest BCUT2D eigenvalue weighted by Crippen LogP contribution is 2.27. The molecule has 0 saturated heterocycles. The van der Waals surface area contributed by atoms with Crippen molar-refractivity contribution < 1.29 is 13.9 Å². The zero-order valence-electron chi connectivity index (χ0n) is 18.2. The Kier molecular flexibility index (Phi) is 7.20. The number of amides is 1. The van der Waals surface area contributed by atoms with E-state index in [4.69, 9.17) is 10.00 Å². The van der Waals surface area contributed by atoms with Gasteiger partial charge in [-0.25, -0.2) is 4.39 Å². The molecule has 1 amide bonds. The van der Waals surface area contributed by atoms with Crippen LogP contribution >= 0.6 is 11.8 Å². The first-order chi connectivity index (χ1) is 16.5. The molecule has 7 nitrogen and oxygen atoms in total. The van der Waals surface area contributed by atoms with Crippen LogP contribution in [-0.2, 0) is 11.4 Å². The van der Waals surface area contributed by atoms with Crippen LogP contribution in [0.1, 0.15) is 18.3 Å². The van der Waals surface area contributed by atoms with Gasteiger partial charge >= 0.3 is 0 Å². The standard InChI is InChI=1S/C25H20FN5O2S/c1-17(24(32)28-19-13-11-18(15-27)12-14-19)34-25-30-29-23(31(25)20-7-3-2-4-8-20)16-33-22-10-6-5-9-21(22)26/h2-14,17H,16H2,1H3,(H,28,32). The van der Waals surface area contributed by atoms with E-state index in [0.717, 1.165) is 5.69 Å². The first-order valence-electron chi connectivity index (χ1n) is 10.4. The van der Waals surface area contributed by atoms with Gasteiger partial charge in [0, 0.05) is 11.4 Å². The van der Waals surface area contributed by atoms with Gasteiger partial charge in [0.1, 0.15) is 6.61 Å². The van der Waals surface area contributed by atoms with Crippen LogP contribution in [0.15, 0.2) is 84.0 Å². The van der Waals surface area contributed by atoms with Crippen molar-refractivity contribution in [2.45, 2.75) is 23.9 Å². The van der Waals surface area contributed by atoms with Gasteiger partial charge in [-0.05, 0) is 55.5 Å². The van der Waals surface area contributed by atoms with Crippen LogP contribution in [0, 0.1) is 17.1 Å². The van der Waals surface area contributed by atoms with Crippen molar-refractivity contribution in [2.75, 3.05) is 5.32 Å². The summed E-state index contributed by atoms with van der Waals surface area (Å²) in [6, 6.07) is 24.3. The number of para-hydroxylation sites is 2. The lowest BCUT2D eigenvalue weighted by molar-refractivity contribution is -0.115. The van der Waals surface area contributed by atoms with Crippen molar-refractivity contribution in [2.24, 2.45) is 0 Å². The first kappa shape index (κ1) is 23.0. The predicted molar refractivity (Wildman–Crippen MR) is 127 cm³/mol. The van der Waals surface area contributed by atoms with E-state index in [1.165, 1.54) is 17.8 Å². The SMILES string of the molecule is CC(Sc1nnc(COc2ccccc2F)n1-c1ccccc1)C(=O)Nc1ccc(C#N)cc1. The number of nitrogens with one attached hydrogen (secondary N) is 1. The Morgan fingerprint density at radius 3 is 2.50 bits per heavy atom. The Hall–Kier alpha value is -4.16. The van der Waals surface area contributed by atoms with Crippen LogP contribution in [0.3, 0.4) is 0 Å². The van der Waals surface area contributed by atoms with E-state index in [0.29, 0.717) is 22.2 Å². The van der Waals surface area contributed by atoms with Crippen LogP contribution in [0.2, 0.25) is 0 Å². The minimum Gasteiger partial charge on any atom is -0.483 e. The molecule has 4 rings (SSSR count). The molecule has 1 aromatic heterocycles. The monoisotopic (exact) mass is 473 g/mol. The normalized spacial score (nSPS) is 11.4. The Labute approximate surface area is 200 Å². The third-order valence-electron chi connectivity index (χ3n) is 4.84. The Morgan fingerprint density at radius 1 is 1.09 bits per heavy atom. The lowest BCUT2D eigenvalue weighted by atomic mass is 10.2. The van der Waals surface area contributed by atoms with Gasteiger partial charge < -0.3 is 10.1 Å². The van der Waals surface area contributed by atoms with E-state index >= 15 is 0 Å².